The van der Waals surface area contributed by atoms with Crippen LogP contribution in [0.1, 0.15) is 26.6 Å². The van der Waals surface area contributed by atoms with Crippen LogP contribution in [0.3, 0.4) is 0 Å². The second-order valence-corrected chi connectivity index (χ2v) is 3.55. The summed E-state index contributed by atoms with van der Waals surface area (Å²) in [5.74, 6) is -1.58. The molecule has 0 spiro atoms. The molecule has 18 heavy (non-hydrogen) atoms. The molecule has 7 heteroatoms. The highest BCUT2D eigenvalue weighted by Crippen LogP contribution is 2.11. The number of aromatic carboxylic acids is 1. The first-order valence-electron chi connectivity index (χ1n) is 4.99. The highest BCUT2D eigenvalue weighted by atomic mass is 16.5. The van der Waals surface area contributed by atoms with E-state index in [1.165, 1.54) is 24.5 Å². The molecule has 0 aliphatic carbocycles. The molecule has 0 bridgehead atoms. The van der Waals surface area contributed by atoms with E-state index in [9.17, 15) is 9.59 Å². The third-order valence-electron chi connectivity index (χ3n) is 2.09. The maximum absolute atomic E-state index is 11.7. The summed E-state index contributed by atoms with van der Waals surface area (Å²) in [6.45, 7) is 1.69. The lowest BCUT2D eigenvalue weighted by atomic mass is 10.2. The smallest absolute Gasteiger partial charge is 0.337 e. The van der Waals surface area contributed by atoms with E-state index in [0.717, 1.165) is 0 Å². The summed E-state index contributed by atoms with van der Waals surface area (Å²) < 4.78 is 4.78. The van der Waals surface area contributed by atoms with Gasteiger partial charge in [0.05, 0.1) is 23.1 Å². The van der Waals surface area contributed by atoms with Gasteiger partial charge in [-0.3, -0.25) is 9.78 Å². The summed E-state index contributed by atoms with van der Waals surface area (Å²) >= 11 is 0. The number of carbonyl (C=O) groups is 2. The molecule has 0 radical (unpaired) electrons. The standard InChI is InChI=1S/C11H9N3O4/c1-6-2-9(18-14-6)10(15)13-8-3-7(11(16)17)4-12-5-8/h2-5H,1H3,(H,13,15)(H,16,17). The van der Waals surface area contributed by atoms with Gasteiger partial charge in [0.15, 0.2) is 0 Å². The normalized spacial score (nSPS) is 10.1. The molecule has 0 atom stereocenters. The van der Waals surface area contributed by atoms with E-state index < -0.39 is 11.9 Å². The molecule has 92 valence electrons. The summed E-state index contributed by atoms with van der Waals surface area (Å²) in [5.41, 5.74) is 0.841. The van der Waals surface area contributed by atoms with Crippen LogP contribution >= 0.6 is 0 Å². The zero-order valence-electron chi connectivity index (χ0n) is 9.38. The molecule has 2 aromatic rings. The first-order chi connectivity index (χ1) is 8.56. The lowest BCUT2D eigenvalue weighted by Crippen LogP contribution is -2.11. The molecule has 7 nitrogen and oxygen atoms in total. The van der Waals surface area contributed by atoms with Crippen molar-refractivity contribution in [2.75, 3.05) is 5.32 Å². The van der Waals surface area contributed by atoms with E-state index in [-0.39, 0.29) is 17.0 Å². The number of aromatic nitrogens is 2. The average molecular weight is 247 g/mol. The summed E-state index contributed by atoms with van der Waals surface area (Å²) in [6.07, 6.45) is 2.53. The van der Waals surface area contributed by atoms with Gasteiger partial charge < -0.3 is 14.9 Å². The zero-order valence-corrected chi connectivity index (χ0v) is 9.38. The van der Waals surface area contributed by atoms with Crippen LogP contribution in [0.15, 0.2) is 29.0 Å². The van der Waals surface area contributed by atoms with Gasteiger partial charge in [0, 0.05) is 12.3 Å². The number of hydrogen-bond acceptors (Lipinski definition) is 5. The molecule has 2 heterocycles. The average Bonchev–Trinajstić information content (AvgIpc) is 2.76. The van der Waals surface area contributed by atoms with Crippen LogP contribution in [0.5, 0.6) is 0 Å². The Morgan fingerprint density at radius 1 is 1.33 bits per heavy atom. The highest BCUT2D eigenvalue weighted by molar-refractivity contribution is 6.02. The molecular weight excluding hydrogens is 238 g/mol. The number of nitrogens with zero attached hydrogens (tertiary/aromatic N) is 2. The fraction of sp³-hybridized carbons (Fsp3) is 0.0909. The van der Waals surface area contributed by atoms with E-state index >= 15 is 0 Å². The number of carbonyl (C=O) groups excluding carboxylic acids is 1. The SMILES string of the molecule is Cc1cc(C(=O)Nc2cncc(C(=O)O)c2)on1. The van der Waals surface area contributed by atoms with Crippen LogP contribution in [0.2, 0.25) is 0 Å². The first kappa shape index (κ1) is 11.8. The maximum Gasteiger partial charge on any atom is 0.337 e. The Morgan fingerprint density at radius 2 is 2.11 bits per heavy atom. The van der Waals surface area contributed by atoms with Crippen LogP contribution in [0, 0.1) is 6.92 Å². The van der Waals surface area contributed by atoms with Gasteiger partial charge in [-0.05, 0) is 13.0 Å². The Morgan fingerprint density at radius 3 is 2.72 bits per heavy atom. The second-order valence-electron chi connectivity index (χ2n) is 3.55. The highest BCUT2D eigenvalue weighted by Gasteiger charge is 2.13. The van der Waals surface area contributed by atoms with Gasteiger partial charge in [-0.15, -0.1) is 0 Å². The monoisotopic (exact) mass is 247 g/mol. The number of carboxylic acids is 1. The van der Waals surface area contributed by atoms with E-state index in [0.29, 0.717) is 5.69 Å². The summed E-state index contributed by atoms with van der Waals surface area (Å²) in [4.78, 5) is 26.1. The van der Waals surface area contributed by atoms with Gasteiger partial charge in [-0.2, -0.15) is 0 Å². The Kier molecular flexibility index (Phi) is 3.05. The van der Waals surface area contributed by atoms with Gasteiger partial charge in [0.2, 0.25) is 5.76 Å². The maximum atomic E-state index is 11.7. The minimum Gasteiger partial charge on any atom is -0.478 e. The Hall–Kier alpha value is -2.70. The lowest BCUT2D eigenvalue weighted by Gasteiger charge is -2.02. The summed E-state index contributed by atoms with van der Waals surface area (Å²) in [7, 11) is 0. The van der Waals surface area contributed by atoms with Crippen molar-refractivity contribution in [1.82, 2.24) is 10.1 Å². The van der Waals surface area contributed by atoms with Gasteiger partial charge >= 0.3 is 5.97 Å². The molecular formula is C11H9N3O4. The third-order valence-corrected chi connectivity index (χ3v) is 2.09. The predicted molar refractivity (Wildman–Crippen MR) is 60.4 cm³/mol. The number of carboxylic acid groups (broad SMARTS) is 1. The number of anilines is 1. The summed E-state index contributed by atoms with van der Waals surface area (Å²) in [6, 6.07) is 2.78. The predicted octanol–water partition coefficient (Wildman–Crippen LogP) is 1.33. The zero-order chi connectivity index (χ0) is 13.1. The van der Waals surface area contributed by atoms with Crippen molar-refractivity contribution in [2.24, 2.45) is 0 Å². The van der Waals surface area contributed by atoms with Crippen LogP contribution < -0.4 is 5.32 Å². The Bertz CT molecular complexity index is 606. The number of rotatable bonds is 3. The largest absolute Gasteiger partial charge is 0.478 e. The van der Waals surface area contributed by atoms with Gasteiger partial charge in [-0.25, -0.2) is 4.79 Å². The van der Waals surface area contributed by atoms with E-state index in [1.54, 1.807) is 6.92 Å². The fourth-order valence-electron chi connectivity index (χ4n) is 1.29. The molecule has 0 aliphatic heterocycles. The molecule has 0 unspecified atom stereocenters. The molecule has 2 N–H and O–H groups in total. The van der Waals surface area contributed by atoms with E-state index in [1.807, 2.05) is 0 Å². The van der Waals surface area contributed by atoms with Crippen molar-refractivity contribution in [2.45, 2.75) is 6.92 Å². The molecule has 2 aromatic heterocycles. The number of hydrogen-bond donors (Lipinski definition) is 2. The Balaban J connectivity index is 2.16. The number of pyridine rings is 1. The van der Waals surface area contributed by atoms with Crippen molar-refractivity contribution in [3.63, 3.8) is 0 Å². The van der Waals surface area contributed by atoms with Crippen molar-refractivity contribution in [3.05, 3.63) is 41.5 Å². The summed E-state index contributed by atoms with van der Waals surface area (Å²) in [5, 5.41) is 14.8. The van der Waals surface area contributed by atoms with Gasteiger partial charge in [-0.1, -0.05) is 5.16 Å². The van der Waals surface area contributed by atoms with Crippen LogP contribution in [0.25, 0.3) is 0 Å². The minimum absolute atomic E-state index is 0.0125. The second kappa shape index (κ2) is 4.66. The number of nitrogens with one attached hydrogen (secondary N) is 1. The Labute approximate surface area is 101 Å². The quantitative estimate of drug-likeness (QED) is 0.847. The molecule has 0 saturated carbocycles. The van der Waals surface area contributed by atoms with E-state index in [4.69, 9.17) is 9.63 Å². The number of amides is 1. The molecule has 2 rings (SSSR count). The van der Waals surface area contributed by atoms with Crippen molar-refractivity contribution in [1.29, 1.82) is 0 Å². The molecule has 0 aliphatic rings. The molecule has 0 aromatic carbocycles. The van der Waals surface area contributed by atoms with Crippen LogP contribution in [-0.4, -0.2) is 27.1 Å². The van der Waals surface area contributed by atoms with Crippen molar-refractivity contribution < 1.29 is 19.2 Å². The van der Waals surface area contributed by atoms with Gasteiger partial charge in [0.25, 0.3) is 5.91 Å². The third kappa shape index (κ3) is 2.51. The first-order valence-corrected chi connectivity index (χ1v) is 4.99. The minimum atomic E-state index is -1.12. The molecule has 0 saturated heterocycles. The van der Waals surface area contributed by atoms with Crippen LogP contribution in [-0.2, 0) is 0 Å². The number of aryl methyl sites for hydroxylation is 1. The van der Waals surface area contributed by atoms with Crippen LogP contribution in [0.4, 0.5) is 5.69 Å². The van der Waals surface area contributed by atoms with Crippen molar-refractivity contribution >= 4 is 17.6 Å². The molecule has 0 fully saturated rings. The lowest BCUT2D eigenvalue weighted by molar-refractivity contribution is 0.0696. The molecule has 1 amide bonds. The van der Waals surface area contributed by atoms with Crippen molar-refractivity contribution in [3.8, 4) is 0 Å². The topological polar surface area (TPSA) is 105 Å². The fourth-order valence-corrected chi connectivity index (χ4v) is 1.29. The van der Waals surface area contributed by atoms with E-state index in [2.05, 4.69) is 15.5 Å². The van der Waals surface area contributed by atoms with Gasteiger partial charge in [0.1, 0.15) is 0 Å².